The first-order valence-electron chi connectivity index (χ1n) is 6.20. The summed E-state index contributed by atoms with van der Waals surface area (Å²) in [7, 11) is 0. The lowest BCUT2D eigenvalue weighted by Gasteiger charge is -2.06. The van der Waals surface area contributed by atoms with Gasteiger partial charge >= 0.3 is 0 Å². The summed E-state index contributed by atoms with van der Waals surface area (Å²) in [6, 6.07) is 16.0. The Labute approximate surface area is 117 Å². The van der Waals surface area contributed by atoms with E-state index in [0.717, 1.165) is 11.1 Å². The van der Waals surface area contributed by atoms with Crippen LogP contribution in [0.25, 0.3) is 0 Å². The number of carbonyl (C=O) groups is 1. The Bertz CT molecular complexity index is 625. The molecule has 0 atom stereocenters. The molecular weight excluding hydrogens is 252 g/mol. The highest BCUT2D eigenvalue weighted by molar-refractivity contribution is 5.92. The van der Waals surface area contributed by atoms with Gasteiger partial charge in [0.2, 0.25) is 5.91 Å². The minimum atomic E-state index is -0.119. The number of nitriles is 1. The Morgan fingerprint density at radius 1 is 1.05 bits per heavy atom. The van der Waals surface area contributed by atoms with Crippen LogP contribution in [0.4, 0.5) is 5.69 Å². The molecule has 0 saturated carbocycles. The van der Waals surface area contributed by atoms with E-state index in [4.69, 9.17) is 10.4 Å². The van der Waals surface area contributed by atoms with Crippen LogP contribution in [0.5, 0.6) is 0 Å². The van der Waals surface area contributed by atoms with Crippen LogP contribution in [-0.4, -0.2) is 11.0 Å². The molecule has 2 N–H and O–H groups in total. The lowest BCUT2D eigenvalue weighted by Crippen LogP contribution is -2.14. The fraction of sp³-hybridized carbons (Fsp3) is 0.125. The van der Waals surface area contributed by atoms with Crippen molar-refractivity contribution in [1.82, 2.24) is 0 Å². The highest BCUT2D eigenvalue weighted by Gasteiger charge is 2.04. The van der Waals surface area contributed by atoms with Crippen LogP contribution in [-0.2, 0) is 17.8 Å². The van der Waals surface area contributed by atoms with E-state index in [1.54, 1.807) is 48.5 Å². The van der Waals surface area contributed by atoms with E-state index in [1.165, 1.54) is 0 Å². The number of aliphatic hydroxyl groups is 1. The third-order valence-electron chi connectivity index (χ3n) is 2.87. The quantitative estimate of drug-likeness (QED) is 0.891. The fourth-order valence-electron chi connectivity index (χ4n) is 1.78. The minimum absolute atomic E-state index is 0.0144. The summed E-state index contributed by atoms with van der Waals surface area (Å²) in [4.78, 5) is 11.9. The van der Waals surface area contributed by atoms with Gasteiger partial charge in [0, 0.05) is 5.69 Å². The average molecular weight is 266 g/mol. The molecule has 4 heteroatoms. The van der Waals surface area contributed by atoms with Gasteiger partial charge in [-0.15, -0.1) is 0 Å². The maximum Gasteiger partial charge on any atom is 0.228 e. The molecule has 0 saturated heterocycles. The van der Waals surface area contributed by atoms with Crippen LogP contribution in [0.1, 0.15) is 16.7 Å². The summed E-state index contributed by atoms with van der Waals surface area (Å²) in [5, 5.41) is 20.4. The third-order valence-corrected chi connectivity index (χ3v) is 2.87. The van der Waals surface area contributed by atoms with Crippen LogP contribution in [0, 0.1) is 11.3 Å². The second-order valence-corrected chi connectivity index (χ2v) is 4.39. The number of carbonyl (C=O) groups excluding carboxylic acids is 1. The standard InChI is InChI=1S/C16H14N2O2/c17-10-13-3-1-12(2-4-13)9-16(20)18-15-7-5-14(11-19)6-8-15/h1-8,19H,9,11H2,(H,18,20). The van der Waals surface area contributed by atoms with Crippen LogP contribution >= 0.6 is 0 Å². The Kier molecular flexibility index (Phi) is 4.48. The lowest BCUT2D eigenvalue weighted by molar-refractivity contribution is -0.115. The molecule has 0 aromatic heterocycles. The smallest absolute Gasteiger partial charge is 0.228 e. The predicted octanol–water partition coefficient (Wildman–Crippen LogP) is 2.23. The van der Waals surface area contributed by atoms with E-state index in [2.05, 4.69) is 5.32 Å². The first-order valence-corrected chi connectivity index (χ1v) is 6.20. The topological polar surface area (TPSA) is 73.1 Å². The number of hydrogen-bond acceptors (Lipinski definition) is 3. The Balaban J connectivity index is 1.95. The largest absolute Gasteiger partial charge is 0.392 e. The Morgan fingerprint density at radius 2 is 1.65 bits per heavy atom. The summed E-state index contributed by atoms with van der Waals surface area (Å²) < 4.78 is 0. The maximum absolute atomic E-state index is 11.9. The number of nitrogens with zero attached hydrogens (tertiary/aromatic N) is 1. The Morgan fingerprint density at radius 3 is 2.20 bits per heavy atom. The summed E-state index contributed by atoms with van der Waals surface area (Å²) in [6.45, 7) is -0.0144. The molecule has 0 unspecified atom stereocenters. The van der Waals surface area contributed by atoms with Crippen molar-refractivity contribution in [2.75, 3.05) is 5.32 Å². The number of nitrogens with one attached hydrogen (secondary N) is 1. The first-order chi connectivity index (χ1) is 9.71. The van der Waals surface area contributed by atoms with Crippen LogP contribution in [0.3, 0.4) is 0 Å². The molecule has 20 heavy (non-hydrogen) atoms. The van der Waals surface area contributed by atoms with Crippen molar-refractivity contribution in [3.63, 3.8) is 0 Å². The number of rotatable bonds is 4. The molecule has 100 valence electrons. The third kappa shape index (κ3) is 3.67. The summed E-state index contributed by atoms with van der Waals surface area (Å²) in [6.07, 6.45) is 0.257. The number of benzene rings is 2. The number of aliphatic hydroxyl groups excluding tert-OH is 1. The molecular formula is C16H14N2O2. The van der Waals surface area contributed by atoms with Crippen molar-refractivity contribution in [2.24, 2.45) is 0 Å². The van der Waals surface area contributed by atoms with Gasteiger partial charge in [0.05, 0.1) is 24.7 Å². The lowest BCUT2D eigenvalue weighted by atomic mass is 10.1. The van der Waals surface area contributed by atoms with E-state index in [0.29, 0.717) is 11.3 Å². The van der Waals surface area contributed by atoms with Crippen molar-refractivity contribution in [2.45, 2.75) is 13.0 Å². The molecule has 0 aliphatic carbocycles. The van der Waals surface area contributed by atoms with Crippen LogP contribution in [0.2, 0.25) is 0 Å². The number of amides is 1. The summed E-state index contributed by atoms with van der Waals surface area (Å²) in [5.41, 5.74) is 2.93. The second kappa shape index (κ2) is 6.50. The van der Waals surface area contributed by atoms with Gasteiger partial charge in [-0.1, -0.05) is 24.3 Å². The van der Waals surface area contributed by atoms with Crippen LogP contribution in [0.15, 0.2) is 48.5 Å². The normalized spacial score (nSPS) is 9.80. The minimum Gasteiger partial charge on any atom is -0.392 e. The van der Waals surface area contributed by atoms with Crippen molar-refractivity contribution in [1.29, 1.82) is 5.26 Å². The molecule has 0 spiro atoms. The molecule has 0 aliphatic rings. The van der Waals surface area contributed by atoms with E-state index in [1.807, 2.05) is 6.07 Å². The monoisotopic (exact) mass is 266 g/mol. The van der Waals surface area contributed by atoms with E-state index >= 15 is 0 Å². The molecule has 2 aromatic carbocycles. The van der Waals surface area contributed by atoms with Gasteiger partial charge in [-0.2, -0.15) is 5.26 Å². The molecule has 0 bridgehead atoms. The number of anilines is 1. The van der Waals surface area contributed by atoms with E-state index < -0.39 is 0 Å². The molecule has 0 aliphatic heterocycles. The van der Waals surface area contributed by atoms with Gasteiger partial charge in [-0.3, -0.25) is 4.79 Å². The van der Waals surface area contributed by atoms with Gasteiger partial charge in [0.25, 0.3) is 0 Å². The average Bonchev–Trinajstić information content (AvgIpc) is 2.49. The van der Waals surface area contributed by atoms with Gasteiger partial charge in [0.1, 0.15) is 0 Å². The molecule has 0 fully saturated rings. The summed E-state index contributed by atoms with van der Waals surface area (Å²) in [5.74, 6) is -0.119. The summed E-state index contributed by atoms with van der Waals surface area (Å²) >= 11 is 0. The van der Waals surface area contributed by atoms with Crippen LogP contribution < -0.4 is 5.32 Å². The van der Waals surface area contributed by atoms with Gasteiger partial charge in [-0.25, -0.2) is 0 Å². The second-order valence-electron chi connectivity index (χ2n) is 4.39. The first kappa shape index (κ1) is 13.8. The molecule has 0 heterocycles. The molecule has 2 rings (SSSR count). The van der Waals surface area contributed by atoms with Crippen molar-refractivity contribution >= 4 is 11.6 Å². The molecule has 0 radical (unpaired) electrons. The molecule has 2 aromatic rings. The molecule has 4 nitrogen and oxygen atoms in total. The fourth-order valence-corrected chi connectivity index (χ4v) is 1.78. The van der Waals surface area contributed by atoms with Crippen molar-refractivity contribution < 1.29 is 9.90 Å². The van der Waals surface area contributed by atoms with Gasteiger partial charge in [0.15, 0.2) is 0 Å². The highest BCUT2D eigenvalue weighted by atomic mass is 16.3. The van der Waals surface area contributed by atoms with Crippen molar-refractivity contribution in [3.8, 4) is 6.07 Å². The SMILES string of the molecule is N#Cc1ccc(CC(=O)Nc2ccc(CO)cc2)cc1. The van der Waals surface area contributed by atoms with Gasteiger partial charge < -0.3 is 10.4 Å². The van der Waals surface area contributed by atoms with Gasteiger partial charge in [-0.05, 0) is 35.4 Å². The maximum atomic E-state index is 11.9. The zero-order chi connectivity index (χ0) is 14.4. The number of hydrogen-bond donors (Lipinski definition) is 2. The van der Waals surface area contributed by atoms with E-state index in [-0.39, 0.29) is 18.9 Å². The predicted molar refractivity (Wildman–Crippen MR) is 75.9 cm³/mol. The molecule has 1 amide bonds. The van der Waals surface area contributed by atoms with Crippen molar-refractivity contribution in [3.05, 3.63) is 65.2 Å². The highest BCUT2D eigenvalue weighted by Crippen LogP contribution is 2.11. The zero-order valence-electron chi connectivity index (χ0n) is 10.8. The Hall–Kier alpha value is -2.64. The van der Waals surface area contributed by atoms with E-state index in [9.17, 15) is 4.79 Å². The zero-order valence-corrected chi connectivity index (χ0v) is 10.8.